The maximum absolute atomic E-state index is 11.7. The van der Waals surface area contributed by atoms with Crippen LogP contribution in [0.3, 0.4) is 0 Å². The summed E-state index contributed by atoms with van der Waals surface area (Å²) in [6.45, 7) is 3.61. The summed E-state index contributed by atoms with van der Waals surface area (Å²) in [5.41, 5.74) is 1.49. The van der Waals surface area contributed by atoms with Crippen LogP contribution in [0.2, 0.25) is 5.22 Å². The van der Waals surface area contributed by atoms with Gasteiger partial charge in [-0.05, 0) is 24.9 Å². The molecule has 1 aromatic heterocycles. The van der Waals surface area contributed by atoms with Gasteiger partial charge in [-0.2, -0.15) is 0 Å². The smallest absolute Gasteiger partial charge is 0.229 e. The summed E-state index contributed by atoms with van der Waals surface area (Å²) >= 11 is 5.83. The molecule has 0 aliphatic carbocycles. The zero-order chi connectivity index (χ0) is 13.8. The molecule has 19 heavy (non-hydrogen) atoms. The number of aromatic nitrogens is 1. The standard InChI is InChI=1S/C12H18ClN3O3/c1-7-9(12(13)19-16-7)2-3-11(18)15-5-8-4-14-6-10(8)17/h8,10,14,17H,2-6H2,1H3,(H,15,18). The Morgan fingerprint density at radius 2 is 2.42 bits per heavy atom. The molecule has 1 aliphatic heterocycles. The number of carbonyl (C=O) groups is 1. The van der Waals surface area contributed by atoms with Gasteiger partial charge >= 0.3 is 0 Å². The van der Waals surface area contributed by atoms with Crippen LogP contribution in [0.5, 0.6) is 0 Å². The largest absolute Gasteiger partial charge is 0.391 e. The summed E-state index contributed by atoms with van der Waals surface area (Å²) in [5, 5.41) is 19.5. The minimum Gasteiger partial charge on any atom is -0.391 e. The highest BCUT2D eigenvalue weighted by Crippen LogP contribution is 2.20. The molecule has 0 saturated carbocycles. The number of nitrogens with one attached hydrogen (secondary N) is 2. The molecule has 7 heteroatoms. The van der Waals surface area contributed by atoms with E-state index in [9.17, 15) is 9.90 Å². The van der Waals surface area contributed by atoms with Gasteiger partial charge in [0.2, 0.25) is 11.1 Å². The molecule has 1 saturated heterocycles. The van der Waals surface area contributed by atoms with Crippen molar-refractivity contribution in [1.29, 1.82) is 0 Å². The highest BCUT2D eigenvalue weighted by molar-refractivity contribution is 6.29. The van der Waals surface area contributed by atoms with E-state index in [0.29, 0.717) is 31.6 Å². The summed E-state index contributed by atoms with van der Waals surface area (Å²) in [6, 6.07) is 0. The molecule has 3 N–H and O–H groups in total. The van der Waals surface area contributed by atoms with E-state index in [4.69, 9.17) is 16.1 Å². The van der Waals surface area contributed by atoms with Crippen molar-refractivity contribution in [1.82, 2.24) is 15.8 Å². The molecule has 0 bridgehead atoms. The van der Waals surface area contributed by atoms with E-state index in [0.717, 1.165) is 12.1 Å². The van der Waals surface area contributed by atoms with E-state index in [1.54, 1.807) is 6.92 Å². The molecule has 1 aromatic rings. The van der Waals surface area contributed by atoms with Crippen molar-refractivity contribution in [3.05, 3.63) is 16.5 Å². The van der Waals surface area contributed by atoms with Crippen molar-refractivity contribution in [3.63, 3.8) is 0 Å². The monoisotopic (exact) mass is 287 g/mol. The molecular formula is C12H18ClN3O3. The molecule has 2 atom stereocenters. The second-order valence-corrected chi connectivity index (χ2v) is 5.15. The molecule has 0 aromatic carbocycles. The number of hydrogen-bond acceptors (Lipinski definition) is 5. The van der Waals surface area contributed by atoms with E-state index in [1.807, 2.05) is 0 Å². The molecule has 1 aliphatic rings. The van der Waals surface area contributed by atoms with Crippen molar-refractivity contribution in [2.45, 2.75) is 25.9 Å². The lowest BCUT2D eigenvalue weighted by Gasteiger charge is -2.13. The van der Waals surface area contributed by atoms with Gasteiger partial charge in [-0.3, -0.25) is 4.79 Å². The third-order valence-corrected chi connectivity index (χ3v) is 3.70. The minimum atomic E-state index is -0.380. The molecule has 0 radical (unpaired) electrons. The number of carbonyl (C=O) groups excluding carboxylic acids is 1. The second-order valence-electron chi connectivity index (χ2n) is 4.81. The zero-order valence-corrected chi connectivity index (χ0v) is 11.5. The molecule has 2 unspecified atom stereocenters. The van der Waals surface area contributed by atoms with E-state index in [-0.39, 0.29) is 23.1 Å². The van der Waals surface area contributed by atoms with Crippen LogP contribution in [0, 0.1) is 12.8 Å². The third-order valence-electron chi connectivity index (χ3n) is 3.40. The van der Waals surface area contributed by atoms with E-state index < -0.39 is 0 Å². The Labute approximate surface area is 116 Å². The summed E-state index contributed by atoms with van der Waals surface area (Å²) in [5.74, 6) is 0.0284. The quantitative estimate of drug-likeness (QED) is 0.723. The molecule has 2 heterocycles. The van der Waals surface area contributed by atoms with Gasteiger partial charge in [0.1, 0.15) is 0 Å². The van der Waals surface area contributed by atoms with Crippen molar-refractivity contribution >= 4 is 17.5 Å². The van der Waals surface area contributed by atoms with E-state index in [1.165, 1.54) is 0 Å². The Morgan fingerprint density at radius 1 is 1.63 bits per heavy atom. The summed E-state index contributed by atoms with van der Waals surface area (Å²) in [4.78, 5) is 11.7. The fraction of sp³-hybridized carbons (Fsp3) is 0.667. The number of rotatable bonds is 5. The fourth-order valence-corrected chi connectivity index (χ4v) is 2.41. The third kappa shape index (κ3) is 3.68. The van der Waals surface area contributed by atoms with Gasteiger partial charge in [-0.15, -0.1) is 0 Å². The van der Waals surface area contributed by atoms with Crippen LogP contribution in [-0.4, -0.2) is 41.9 Å². The molecule has 6 nitrogen and oxygen atoms in total. The molecule has 1 fully saturated rings. The van der Waals surface area contributed by atoms with Crippen molar-refractivity contribution in [2.75, 3.05) is 19.6 Å². The number of nitrogens with zero attached hydrogens (tertiary/aromatic N) is 1. The highest BCUT2D eigenvalue weighted by Gasteiger charge is 2.25. The Kier molecular flexibility index (Phi) is 4.79. The van der Waals surface area contributed by atoms with E-state index in [2.05, 4.69) is 15.8 Å². The van der Waals surface area contributed by atoms with Crippen LogP contribution < -0.4 is 10.6 Å². The molecule has 106 valence electrons. The normalized spacial score (nSPS) is 22.7. The predicted octanol–water partition coefficient (Wildman–Crippen LogP) is 0.266. The van der Waals surface area contributed by atoms with Gasteiger partial charge in [0, 0.05) is 37.5 Å². The van der Waals surface area contributed by atoms with Gasteiger partial charge in [0.25, 0.3) is 0 Å². The number of amides is 1. The number of hydrogen-bond donors (Lipinski definition) is 3. The molecule has 2 rings (SSSR count). The Balaban J connectivity index is 1.73. The van der Waals surface area contributed by atoms with Crippen LogP contribution in [0.15, 0.2) is 4.52 Å². The first-order chi connectivity index (χ1) is 9.08. The van der Waals surface area contributed by atoms with Crippen LogP contribution in [0.1, 0.15) is 17.7 Å². The molecule has 0 spiro atoms. The molecule has 1 amide bonds. The van der Waals surface area contributed by atoms with Gasteiger partial charge in [-0.25, -0.2) is 0 Å². The van der Waals surface area contributed by atoms with Crippen LogP contribution >= 0.6 is 11.6 Å². The van der Waals surface area contributed by atoms with Crippen LogP contribution in [0.4, 0.5) is 0 Å². The lowest BCUT2D eigenvalue weighted by Crippen LogP contribution is -2.34. The lowest BCUT2D eigenvalue weighted by molar-refractivity contribution is -0.121. The average Bonchev–Trinajstić information content (AvgIpc) is 2.92. The topological polar surface area (TPSA) is 87.4 Å². The van der Waals surface area contributed by atoms with Crippen molar-refractivity contribution in [3.8, 4) is 0 Å². The second kappa shape index (κ2) is 6.36. The summed E-state index contributed by atoms with van der Waals surface area (Å²) in [6.07, 6.45) is 0.457. The Morgan fingerprint density at radius 3 is 3.00 bits per heavy atom. The first-order valence-corrected chi connectivity index (χ1v) is 6.72. The summed E-state index contributed by atoms with van der Waals surface area (Å²) < 4.78 is 4.83. The van der Waals surface area contributed by atoms with Crippen LogP contribution in [-0.2, 0) is 11.2 Å². The number of aliphatic hydroxyl groups is 1. The minimum absolute atomic E-state index is 0.0595. The SMILES string of the molecule is Cc1noc(Cl)c1CCC(=O)NCC1CNCC1O. The Hall–Kier alpha value is -1.11. The maximum Gasteiger partial charge on any atom is 0.229 e. The predicted molar refractivity (Wildman–Crippen MR) is 69.9 cm³/mol. The van der Waals surface area contributed by atoms with E-state index >= 15 is 0 Å². The number of halogens is 1. The average molecular weight is 288 g/mol. The van der Waals surface area contributed by atoms with Crippen LogP contribution in [0.25, 0.3) is 0 Å². The Bertz CT molecular complexity index is 430. The number of aliphatic hydroxyl groups excluding tert-OH is 1. The number of β-amino-alcohol motifs (C(OH)–C–C–N with tert-alkyl or cyclic N) is 1. The number of aryl methyl sites for hydroxylation is 1. The van der Waals surface area contributed by atoms with Gasteiger partial charge < -0.3 is 20.3 Å². The first-order valence-electron chi connectivity index (χ1n) is 6.34. The van der Waals surface area contributed by atoms with Gasteiger partial charge in [0.15, 0.2) is 0 Å². The molecular weight excluding hydrogens is 270 g/mol. The highest BCUT2D eigenvalue weighted by atomic mass is 35.5. The lowest BCUT2D eigenvalue weighted by atomic mass is 10.1. The van der Waals surface area contributed by atoms with Crippen molar-refractivity contribution in [2.24, 2.45) is 5.92 Å². The first kappa shape index (κ1) is 14.3. The van der Waals surface area contributed by atoms with Crippen molar-refractivity contribution < 1.29 is 14.4 Å². The summed E-state index contributed by atoms with van der Waals surface area (Å²) in [7, 11) is 0. The fourth-order valence-electron chi connectivity index (χ4n) is 2.14. The maximum atomic E-state index is 11.7. The van der Waals surface area contributed by atoms with Gasteiger partial charge in [-0.1, -0.05) is 5.16 Å². The van der Waals surface area contributed by atoms with Gasteiger partial charge in [0.05, 0.1) is 11.8 Å². The zero-order valence-electron chi connectivity index (χ0n) is 10.8.